The predicted octanol–water partition coefficient (Wildman–Crippen LogP) is 0.972. The van der Waals surface area contributed by atoms with E-state index in [-0.39, 0.29) is 19.1 Å². The summed E-state index contributed by atoms with van der Waals surface area (Å²) in [6.07, 6.45) is 0.925. The van der Waals surface area contributed by atoms with Crippen LogP contribution in [0.5, 0.6) is 5.75 Å². The zero-order valence-electron chi connectivity index (χ0n) is 11.0. The van der Waals surface area contributed by atoms with Gasteiger partial charge in [0.25, 0.3) is 5.91 Å². The van der Waals surface area contributed by atoms with Crippen LogP contribution in [-0.2, 0) is 11.2 Å². The van der Waals surface area contributed by atoms with Crippen LogP contribution in [0.2, 0.25) is 0 Å². The largest absolute Gasteiger partial charge is 0.484 e. The minimum absolute atomic E-state index is 0.0404. The summed E-state index contributed by atoms with van der Waals surface area (Å²) in [6, 6.07) is 9.25. The Morgan fingerprint density at radius 1 is 1.42 bits per heavy atom. The van der Waals surface area contributed by atoms with E-state index in [4.69, 9.17) is 15.1 Å². The molecule has 102 valence electrons. The predicted molar refractivity (Wildman–Crippen MR) is 70.6 cm³/mol. The molecule has 0 atom stereocenters. The molecule has 0 fully saturated rings. The lowest BCUT2D eigenvalue weighted by Crippen LogP contribution is -2.32. The first-order valence-electron chi connectivity index (χ1n) is 6.11. The van der Waals surface area contributed by atoms with Crippen molar-refractivity contribution in [3.05, 3.63) is 29.8 Å². The van der Waals surface area contributed by atoms with E-state index < -0.39 is 0 Å². The normalized spacial score (nSPS) is 9.74. The van der Waals surface area contributed by atoms with Gasteiger partial charge in [0, 0.05) is 20.2 Å². The van der Waals surface area contributed by atoms with Gasteiger partial charge in [-0.05, 0) is 24.1 Å². The van der Waals surface area contributed by atoms with Crippen LogP contribution in [0.25, 0.3) is 0 Å². The Balaban J connectivity index is 2.39. The molecule has 0 unspecified atom stereocenters. The van der Waals surface area contributed by atoms with Crippen molar-refractivity contribution in [2.45, 2.75) is 12.8 Å². The molecule has 0 spiro atoms. The van der Waals surface area contributed by atoms with Crippen molar-refractivity contribution in [3.8, 4) is 11.8 Å². The number of likely N-dealkylation sites (N-methyl/N-ethyl adjacent to an activating group) is 1. The van der Waals surface area contributed by atoms with Crippen molar-refractivity contribution < 1.29 is 14.6 Å². The smallest absolute Gasteiger partial charge is 0.260 e. The second kappa shape index (κ2) is 8.11. The first-order valence-corrected chi connectivity index (χ1v) is 6.11. The van der Waals surface area contributed by atoms with E-state index in [1.54, 1.807) is 19.2 Å². The van der Waals surface area contributed by atoms with Gasteiger partial charge in [-0.3, -0.25) is 4.79 Å². The monoisotopic (exact) mass is 262 g/mol. The third-order valence-corrected chi connectivity index (χ3v) is 2.67. The Morgan fingerprint density at radius 2 is 2.11 bits per heavy atom. The second-order valence-electron chi connectivity index (χ2n) is 4.13. The maximum Gasteiger partial charge on any atom is 0.260 e. The third kappa shape index (κ3) is 5.40. The molecule has 0 aromatic heterocycles. The lowest BCUT2D eigenvalue weighted by Gasteiger charge is -2.15. The summed E-state index contributed by atoms with van der Waals surface area (Å²) >= 11 is 0. The summed E-state index contributed by atoms with van der Waals surface area (Å²) in [7, 11) is 1.65. The fourth-order valence-electron chi connectivity index (χ4n) is 1.48. The molecule has 0 aliphatic heterocycles. The molecule has 1 rings (SSSR count). The summed E-state index contributed by atoms with van der Waals surface area (Å²) < 4.78 is 5.37. The summed E-state index contributed by atoms with van der Waals surface area (Å²) in [6.45, 7) is 0.484. The standard InChI is InChI=1S/C14H18N2O3/c1-16(9-2-8-15)14(18)11-19-13-5-3-12(4-6-13)7-10-17/h3-6,17H,2,7,9-11H2,1H3. The number of nitrogens with zero attached hydrogens (tertiary/aromatic N) is 2. The molecule has 19 heavy (non-hydrogen) atoms. The molecule has 1 amide bonds. The van der Waals surface area contributed by atoms with E-state index in [1.807, 2.05) is 18.2 Å². The minimum Gasteiger partial charge on any atom is -0.484 e. The van der Waals surface area contributed by atoms with Crippen molar-refractivity contribution in [1.29, 1.82) is 5.26 Å². The van der Waals surface area contributed by atoms with Gasteiger partial charge in [-0.2, -0.15) is 5.26 Å². The number of ether oxygens (including phenoxy) is 1. The third-order valence-electron chi connectivity index (χ3n) is 2.67. The zero-order valence-corrected chi connectivity index (χ0v) is 11.0. The molecule has 0 heterocycles. The number of carbonyl (C=O) groups excluding carboxylic acids is 1. The van der Waals surface area contributed by atoms with Crippen LogP contribution in [0, 0.1) is 11.3 Å². The lowest BCUT2D eigenvalue weighted by atomic mass is 10.1. The highest BCUT2D eigenvalue weighted by atomic mass is 16.5. The summed E-state index contributed by atoms with van der Waals surface area (Å²) in [5.41, 5.74) is 1.02. The Hall–Kier alpha value is -2.06. The van der Waals surface area contributed by atoms with Crippen molar-refractivity contribution in [2.24, 2.45) is 0 Å². The van der Waals surface area contributed by atoms with Crippen LogP contribution in [0.3, 0.4) is 0 Å². The van der Waals surface area contributed by atoms with Crippen LogP contribution in [0.15, 0.2) is 24.3 Å². The number of carbonyl (C=O) groups is 1. The number of aliphatic hydroxyl groups excluding tert-OH is 1. The Morgan fingerprint density at radius 3 is 2.68 bits per heavy atom. The molecule has 1 N–H and O–H groups in total. The van der Waals surface area contributed by atoms with Crippen LogP contribution in [-0.4, -0.2) is 42.7 Å². The second-order valence-corrected chi connectivity index (χ2v) is 4.13. The summed E-state index contributed by atoms with van der Waals surface area (Å²) in [5, 5.41) is 17.2. The van der Waals surface area contributed by atoms with Crippen molar-refractivity contribution in [2.75, 3.05) is 26.8 Å². The van der Waals surface area contributed by atoms with Gasteiger partial charge in [0.2, 0.25) is 0 Å². The highest BCUT2D eigenvalue weighted by molar-refractivity contribution is 5.77. The van der Waals surface area contributed by atoms with E-state index in [0.717, 1.165) is 5.56 Å². The quantitative estimate of drug-likeness (QED) is 0.794. The number of aliphatic hydroxyl groups is 1. The van der Waals surface area contributed by atoms with Crippen molar-refractivity contribution in [1.82, 2.24) is 4.90 Å². The van der Waals surface area contributed by atoms with Gasteiger partial charge < -0.3 is 14.7 Å². The highest BCUT2D eigenvalue weighted by Gasteiger charge is 2.08. The van der Waals surface area contributed by atoms with Gasteiger partial charge in [-0.1, -0.05) is 12.1 Å². The van der Waals surface area contributed by atoms with E-state index in [2.05, 4.69) is 0 Å². The Kier molecular flexibility index (Phi) is 6.41. The fraction of sp³-hybridized carbons (Fsp3) is 0.429. The van der Waals surface area contributed by atoms with Crippen molar-refractivity contribution >= 4 is 5.91 Å². The average Bonchev–Trinajstić information content (AvgIpc) is 2.44. The van der Waals surface area contributed by atoms with E-state index in [9.17, 15) is 4.79 Å². The van der Waals surface area contributed by atoms with Crippen LogP contribution >= 0.6 is 0 Å². The molecule has 0 saturated carbocycles. The highest BCUT2D eigenvalue weighted by Crippen LogP contribution is 2.12. The van der Waals surface area contributed by atoms with Crippen LogP contribution in [0.1, 0.15) is 12.0 Å². The molecule has 5 nitrogen and oxygen atoms in total. The number of hydrogen-bond acceptors (Lipinski definition) is 4. The van der Waals surface area contributed by atoms with E-state index in [1.165, 1.54) is 4.90 Å². The molecule has 0 aliphatic carbocycles. The minimum atomic E-state index is -0.158. The number of nitriles is 1. The Bertz CT molecular complexity index is 437. The van der Waals surface area contributed by atoms with Gasteiger partial charge >= 0.3 is 0 Å². The van der Waals surface area contributed by atoms with Gasteiger partial charge in [0.05, 0.1) is 12.5 Å². The topological polar surface area (TPSA) is 73.6 Å². The summed E-state index contributed by atoms with van der Waals surface area (Å²) in [5.74, 6) is 0.457. The Labute approximate surface area is 113 Å². The molecule has 5 heteroatoms. The number of amides is 1. The van der Waals surface area contributed by atoms with Gasteiger partial charge in [0.15, 0.2) is 6.61 Å². The lowest BCUT2D eigenvalue weighted by molar-refractivity contribution is -0.131. The maximum absolute atomic E-state index is 11.7. The molecule has 0 aliphatic rings. The molecule has 1 aromatic carbocycles. The molecular formula is C14H18N2O3. The molecule has 1 aromatic rings. The first kappa shape index (κ1) is 15.0. The zero-order chi connectivity index (χ0) is 14.1. The molecule has 0 saturated heterocycles. The van der Waals surface area contributed by atoms with Crippen molar-refractivity contribution in [3.63, 3.8) is 0 Å². The molecule has 0 bridgehead atoms. The SMILES string of the molecule is CN(CCC#N)C(=O)COc1ccc(CCO)cc1. The van der Waals surface area contributed by atoms with E-state index >= 15 is 0 Å². The number of benzene rings is 1. The van der Waals surface area contributed by atoms with E-state index in [0.29, 0.717) is 25.1 Å². The number of rotatable bonds is 7. The first-order chi connectivity index (χ1) is 9.17. The van der Waals surface area contributed by atoms with Gasteiger partial charge in [-0.25, -0.2) is 0 Å². The fourth-order valence-corrected chi connectivity index (χ4v) is 1.48. The molecule has 0 radical (unpaired) electrons. The summed E-state index contributed by atoms with van der Waals surface area (Å²) in [4.78, 5) is 13.1. The molecular weight excluding hydrogens is 244 g/mol. The number of hydrogen-bond donors (Lipinski definition) is 1. The van der Waals surface area contributed by atoms with Crippen LogP contribution < -0.4 is 4.74 Å². The van der Waals surface area contributed by atoms with Gasteiger partial charge in [-0.15, -0.1) is 0 Å². The van der Waals surface area contributed by atoms with Crippen LogP contribution in [0.4, 0.5) is 0 Å². The van der Waals surface area contributed by atoms with Gasteiger partial charge in [0.1, 0.15) is 5.75 Å². The maximum atomic E-state index is 11.7. The average molecular weight is 262 g/mol.